The molecule has 1 aliphatic heterocycles. The van der Waals surface area contributed by atoms with Crippen LogP contribution in [0.2, 0.25) is 0 Å². The van der Waals surface area contributed by atoms with E-state index in [-0.39, 0.29) is 17.8 Å². The van der Waals surface area contributed by atoms with Gasteiger partial charge in [-0.2, -0.15) is 4.31 Å². The van der Waals surface area contributed by atoms with E-state index < -0.39 is 10.0 Å². The SMILES string of the molecule is CCN(CC)S(=O)(=O)c1ccc(CCNC(=NC)N2CC(C)C(C(=O)OC)C2)s1. The minimum Gasteiger partial charge on any atom is -0.469 e. The van der Waals surface area contributed by atoms with Crippen LogP contribution < -0.4 is 5.32 Å². The lowest BCUT2D eigenvalue weighted by Crippen LogP contribution is -2.41. The van der Waals surface area contributed by atoms with E-state index in [1.54, 1.807) is 13.1 Å². The number of methoxy groups -OCH3 is 1. The first-order valence-corrected chi connectivity index (χ1v) is 12.2. The zero-order valence-corrected chi connectivity index (χ0v) is 19.5. The number of nitrogens with one attached hydrogen (secondary N) is 1. The summed E-state index contributed by atoms with van der Waals surface area (Å²) in [6, 6.07) is 3.56. The second kappa shape index (κ2) is 10.4. The number of carbonyl (C=O) groups excluding carboxylic acids is 1. The van der Waals surface area contributed by atoms with Gasteiger partial charge in [0, 0.05) is 44.6 Å². The fourth-order valence-electron chi connectivity index (χ4n) is 3.55. The molecule has 0 saturated carbocycles. The molecule has 164 valence electrons. The highest BCUT2D eigenvalue weighted by molar-refractivity contribution is 7.91. The Morgan fingerprint density at radius 1 is 1.34 bits per heavy atom. The molecule has 8 nitrogen and oxygen atoms in total. The van der Waals surface area contributed by atoms with E-state index in [1.165, 1.54) is 22.8 Å². The quantitative estimate of drug-likeness (QED) is 0.372. The van der Waals surface area contributed by atoms with Crippen molar-refractivity contribution in [3.8, 4) is 0 Å². The summed E-state index contributed by atoms with van der Waals surface area (Å²) < 4.78 is 32.0. The normalized spacial score (nSPS) is 20.3. The zero-order chi connectivity index (χ0) is 21.6. The molecule has 29 heavy (non-hydrogen) atoms. The van der Waals surface area contributed by atoms with E-state index in [2.05, 4.69) is 15.2 Å². The molecule has 10 heteroatoms. The van der Waals surface area contributed by atoms with Gasteiger partial charge in [0.05, 0.1) is 13.0 Å². The average molecular weight is 445 g/mol. The molecule has 0 radical (unpaired) electrons. The molecular weight excluding hydrogens is 412 g/mol. The Morgan fingerprint density at radius 3 is 2.62 bits per heavy atom. The lowest BCUT2D eigenvalue weighted by Gasteiger charge is -2.21. The second-order valence-electron chi connectivity index (χ2n) is 7.05. The molecular formula is C19H32N4O4S2. The largest absolute Gasteiger partial charge is 0.469 e. The number of guanidine groups is 1. The van der Waals surface area contributed by atoms with Gasteiger partial charge >= 0.3 is 5.97 Å². The van der Waals surface area contributed by atoms with E-state index in [9.17, 15) is 13.2 Å². The summed E-state index contributed by atoms with van der Waals surface area (Å²) in [5.74, 6) is 0.613. The number of hydrogen-bond acceptors (Lipinski definition) is 6. The highest BCUT2D eigenvalue weighted by Gasteiger charge is 2.36. The predicted octanol–water partition coefficient (Wildman–Crippen LogP) is 1.64. The Morgan fingerprint density at radius 2 is 2.03 bits per heavy atom. The highest BCUT2D eigenvalue weighted by atomic mass is 32.2. The third-order valence-corrected chi connectivity index (χ3v) is 8.88. The summed E-state index contributed by atoms with van der Waals surface area (Å²) in [5, 5.41) is 3.32. The lowest BCUT2D eigenvalue weighted by molar-refractivity contribution is -0.145. The van der Waals surface area contributed by atoms with Crippen LogP contribution in [0.5, 0.6) is 0 Å². The van der Waals surface area contributed by atoms with Gasteiger partial charge in [0.1, 0.15) is 4.21 Å². The molecule has 2 unspecified atom stereocenters. The molecule has 1 N–H and O–H groups in total. The summed E-state index contributed by atoms with van der Waals surface area (Å²) >= 11 is 1.31. The van der Waals surface area contributed by atoms with Crippen LogP contribution in [0, 0.1) is 11.8 Å². The maximum Gasteiger partial charge on any atom is 0.310 e. The van der Waals surface area contributed by atoms with Gasteiger partial charge in [-0.3, -0.25) is 9.79 Å². The number of carbonyl (C=O) groups is 1. The molecule has 2 heterocycles. The van der Waals surface area contributed by atoms with Crippen LogP contribution >= 0.6 is 11.3 Å². The Bertz CT molecular complexity index is 818. The van der Waals surface area contributed by atoms with Gasteiger partial charge in [0.2, 0.25) is 0 Å². The van der Waals surface area contributed by atoms with Crippen LogP contribution in [0.25, 0.3) is 0 Å². The Balaban J connectivity index is 1.93. The van der Waals surface area contributed by atoms with Gasteiger partial charge in [-0.1, -0.05) is 20.8 Å². The average Bonchev–Trinajstić information content (AvgIpc) is 3.32. The summed E-state index contributed by atoms with van der Waals surface area (Å²) in [7, 11) is -0.269. The minimum absolute atomic E-state index is 0.149. The zero-order valence-electron chi connectivity index (χ0n) is 17.8. The van der Waals surface area contributed by atoms with Crippen molar-refractivity contribution in [2.45, 2.75) is 31.4 Å². The van der Waals surface area contributed by atoms with Gasteiger partial charge in [0.15, 0.2) is 5.96 Å². The molecule has 1 aromatic rings. The van der Waals surface area contributed by atoms with E-state index in [4.69, 9.17) is 4.74 Å². The van der Waals surface area contributed by atoms with Crippen molar-refractivity contribution in [3.63, 3.8) is 0 Å². The van der Waals surface area contributed by atoms with Gasteiger partial charge in [0.25, 0.3) is 10.0 Å². The third-order valence-electron chi connectivity index (χ3n) is 5.22. The van der Waals surface area contributed by atoms with Crippen molar-refractivity contribution >= 4 is 33.3 Å². The molecule has 2 atom stereocenters. The third kappa shape index (κ3) is 5.49. The summed E-state index contributed by atoms with van der Waals surface area (Å²) in [6.45, 7) is 8.60. The topological polar surface area (TPSA) is 91.3 Å². The van der Waals surface area contributed by atoms with Crippen LogP contribution in [0.3, 0.4) is 0 Å². The van der Waals surface area contributed by atoms with Crippen LogP contribution in [0.4, 0.5) is 0 Å². The van der Waals surface area contributed by atoms with Crippen molar-refractivity contribution in [1.29, 1.82) is 0 Å². The maximum atomic E-state index is 12.6. The van der Waals surface area contributed by atoms with Gasteiger partial charge in [-0.05, 0) is 24.5 Å². The number of ether oxygens (including phenoxy) is 1. The lowest BCUT2D eigenvalue weighted by atomic mass is 9.99. The molecule has 0 aromatic carbocycles. The van der Waals surface area contributed by atoms with E-state index in [0.29, 0.717) is 36.8 Å². The van der Waals surface area contributed by atoms with Crippen LogP contribution in [0.15, 0.2) is 21.3 Å². The van der Waals surface area contributed by atoms with E-state index in [0.717, 1.165) is 17.4 Å². The molecule has 0 spiro atoms. The number of esters is 1. The summed E-state index contributed by atoms with van der Waals surface area (Å²) in [4.78, 5) is 19.3. The van der Waals surface area contributed by atoms with Crippen molar-refractivity contribution in [2.75, 3.05) is 46.9 Å². The van der Waals surface area contributed by atoms with Gasteiger partial charge in [-0.15, -0.1) is 11.3 Å². The molecule has 1 saturated heterocycles. The molecule has 2 rings (SSSR count). The fraction of sp³-hybridized carbons (Fsp3) is 0.684. The minimum atomic E-state index is -3.41. The number of thiophene rings is 1. The number of nitrogens with zero attached hydrogens (tertiary/aromatic N) is 3. The first-order chi connectivity index (χ1) is 13.8. The van der Waals surface area contributed by atoms with Crippen molar-refractivity contribution in [2.24, 2.45) is 16.8 Å². The number of hydrogen-bond donors (Lipinski definition) is 1. The van der Waals surface area contributed by atoms with Crippen LogP contribution in [-0.4, -0.2) is 76.4 Å². The van der Waals surface area contributed by atoms with Gasteiger partial charge in [-0.25, -0.2) is 8.42 Å². The number of rotatable bonds is 8. The first-order valence-electron chi connectivity index (χ1n) is 9.90. The maximum absolute atomic E-state index is 12.6. The number of sulfonamides is 1. The molecule has 0 aliphatic carbocycles. The van der Waals surface area contributed by atoms with Crippen molar-refractivity contribution < 1.29 is 17.9 Å². The number of aliphatic imine (C=N–C) groups is 1. The summed E-state index contributed by atoms with van der Waals surface area (Å²) in [6.07, 6.45) is 0.696. The van der Waals surface area contributed by atoms with Crippen molar-refractivity contribution in [3.05, 3.63) is 17.0 Å². The smallest absolute Gasteiger partial charge is 0.310 e. The van der Waals surface area contributed by atoms with E-state index >= 15 is 0 Å². The molecule has 1 aromatic heterocycles. The Hall–Kier alpha value is -1.65. The first kappa shape index (κ1) is 23.6. The molecule has 1 fully saturated rings. The van der Waals surface area contributed by atoms with Crippen LogP contribution in [-0.2, 0) is 26.0 Å². The Labute approximate surface area is 178 Å². The molecule has 0 amide bonds. The van der Waals surface area contributed by atoms with Crippen molar-refractivity contribution in [1.82, 2.24) is 14.5 Å². The van der Waals surface area contributed by atoms with E-state index in [1.807, 2.05) is 26.8 Å². The highest BCUT2D eigenvalue weighted by Crippen LogP contribution is 2.26. The Kier molecular flexibility index (Phi) is 8.47. The predicted molar refractivity (Wildman–Crippen MR) is 116 cm³/mol. The summed E-state index contributed by atoms with van der Waals surface area (Å²) in [5.41, 5.74) is 0. The van der Waals surface area contributed by atoms with Crippen LogP contribution in [0.1, 0.15) is 25.6 Å². The molecule has 0 bridgehead atoms. The fourth-order valence-corrected chi connectivity index (χ4v) is 6.52. The monoisotopic (exact) mass is 444 g/mol. The molecule has 1 aliphatic rings. The standard InChI is InChI=1S/C19H32N4O4S2/c1-6-23(7-2)29(25,26)17-9-8-15(28-17)10-11-21-19(20-4)22-12-14(3)16(13-22)18(24)27-5/h8-9,14,16H,6-7,10-13H2,1-5H3,(H,20,21). The van der Waals surface area contributed by atoms with Gasteiger partial charge < -0.3 is 15.0 Å². The second-order valence-corrected chi connectivity index (χ2v) is 10.4. The number of likely N-dealkylation sites (tertiary alicyclic amines) is 1.